The maximum Gasteiger partial charge on any atom is 0.386 e. The zero-order valence-corrected chi connectivity index (χ0v) is 25.4. The van der Waals surface area contributed by atoms with E-state index in [-0.39, 0.29) is 34.1 Å². The highest BCUT2D eigenvalue weighted by Crippen LogP contribution is 2.65. The van der Waals surface area contributed by atoms with Gasteiger partial charge in [0.1, 0.15) is 29.7 Å². The molecule has 0 aromatic carbocycles. The van der Waals surface area contributed by atoms with E-state index in [4.69, 9.17) is 34.5 Å². The number of hydrogen-bond donors (Lipinski definition) is 5. The third-order valence-electron chi connectivity index (χ3n) is 7.40. The summed E-state index contributed by atoms with van der Waals surface area (Å²) in [5.41, 5.74) is 9.28. The Morgan fingerprint density at radius 1 is 0.909 bits per heavy atom. The molecule has 236 valence electrons. The van der Waals surface area contributed by atoms with Crippen LogP contribution in [0.3, 0.4) is 0 Å². The molecular weight excluding hydrogens is 672 g/mol. The summed E-state index contributed by atoms with van der Waals surface area (Å²) in [5.74, 6) is -0.216. The van der Waals surface area contributed by atoms with Gasteiger partial charge < -0.3 is 25.5 Å². The third-order valence-corrected chi connectivity index (χ3v) is 12.1. The summed E-state index contributed by atoms with van der Waals surface area (Å²) in [7, 11) is 0. The second kappa shape index (κ2) is 10.7. The van der Waals surface area contributed by atoms with Gasteiger partial charge in [0, 0.05) is 0 Å². The monoisotopic (exact) mass is 694 g/mol. The molecule has 5 N–H and O–H groups in total. The number of hydrogen-bond acceptors (Lipinski definition) is 15. The maximum atomic E-state index is 16.2. The van der Waals surface area contributed by atoms with Gasteiger partial charge in [-0.15, -0.1) is 0 Å². The molecule has 44 heavy (non-hydrogen) atoms. The number of anilines is 2. The molecule has 3 aliphatic heterocycles. The summed E-state index contributed by atoms with van der Waals surface area (Å²) in [5, 5.41) is 0. The van der Waals surface area contributed by atoms with Gasteiger partial charge in [0.2, 0.25) is 5.95 Å². The van der Waals surface area contributed by atoms with Gasteiger partial charge in [-0.25, -0.2) is 33.3 Å². The minimum Gasteiger partial charge on any atom is -0.382 e. The van der Waals surface area contributed by atoms with E-state index in [0.717, 1.165) is 17.2 Å². The van der Waals surface area contributed by atoms with Crippen LogP contribution in [-0.4, -0.2) is 88.6 Å². The molecule has 7 heterocycles. The van der Waals surface area contributed by atoms with Crippen LogP contribution in [0.25, 0.3) is 22.3 Å². The number of H-pyrrole nitrogens is 1. The van der Waals surface area contributed by atoms with Crippen molar-refractivity contribution in [3.8, 4) is 0 Å². The van der Waals surface area contributed by atoms with Crippen LogP contribution in [-0.2, 0) is 32.2 Å². The van der Waals surface area contributed by atoms with Crippen molar-refractivity contribution in [1.82, 2.24) is 39.0 Å². The van der Waals surface area contributed by atoms with E-state index in [2.05, 4.69) is 54.4 Å². The lowest BCUT2D eigenvalue weighted by Gasteiger charge is -2.25. The van der Waals surface area contributed by atoms with Crippen molar-refractivity contribution in [3.63, 3.8) is 0 Å². The second-order valence-electron chi connectivity index (χ2n) is 10.1. The Labute approximate surface area is 254 Å². The number of nitrogens with zero attached hydrogens (tertiary/aromatic N) is 7. The number of nitrogen functional groups attached to an aromatic ring is 2. The number of nitrogens with one attached hydrogen (secondary N) is 1. The Hall–Kier alpha value is -2.68. The Kier molecular flexibility index (Phi) is 7.30. The predicted octanol–water partition coefficient (Wildman–Crippen LogP) is 1.56. The zero-order valence-electron chi connectivity index (χ0n) is 21.9. The minimum atomic E-state index is -4.40. The molecule has 0 aliphatic carbocycles. The van der Waals surface area contributed by atoms with Gasteiger partial charge in [0.25, 0.3) is 12.1 Å². The highest BCUT2D eigenvalue weighted by atomic mass is 32.7. The topological polar surface area (TPSA) is 240 Å². The number of aromatic amines is 1. The number of aromatic nitrogens is 8. The van der Waals surface area contributed by atoms with Crippen LogP contribution in [0.4, 0.5) is 20.5 Å². The van der Waals surface area contributed by atoms with Gasteiger partial charge in [-0.05, 0) is 0 Å². The number of imidazole rings is 2. The largest absolute Gasteiger partial charge is 0.386 e. The van der Waals surface area contributed by atoms with Crippen LogP contribution in [0.1, 0.15) is 12.5 Å². The lowest BCUT2D eigenvalue weighted by Crippen LogP contribution is -2.34. The van der Waals surface area contributed by atoms with Crippen LogP contribution in [0.15, 0.2) is 23.8 Å². The van der Waals surface area contributed by atoms with E-state index in [1.54, 1.807) is 0 Å². The molecule has 0 spiro atoms. The molecule has 18 nitrogen and oxygen atoms in total. The van der Waals surface area contributed by atoms with Crippen molar-refractivity contribution >= 4 is 72.0 Å². The average Bonchev–Trinajstić information content (AvgIpc) is 3.71. The number of ether oxygens (including phenoxy) is 2. The van der Waals surface area contributed by atoms with Gasteiger partial charge >= 0.3 is 6.80 Å². The van der Waals surface area contributed by atoms with E-state index in [1.165, 1.54) is 10.9 Å². The number of fused-ring (bicyclic) bond motifs is 4. The summed E-state index contributed by atoms with van der Waals surface area (Å²) < 4.78 is 89.8. The van der Waals surface area contributed by atoms with Crippen LogP contribution < -0.4 is 17.0 Å². The van der Waals surface area contributed by atoms with Crippen LogP contribution in [0, 0.1) is 0 Å². The summed E-state index contributed by atoms with van der Waals surface area (Å²) in [6, 6.07) is 0. The van der Waals surface area contributed by atoms with Gasteiger partial charge in [-0.3, -0.25) is 32.5 Å². The standard InChI is InChI=1S/C20H22F2N10O8P2S2/c21-8-12-6(38-18(8)32-5-28-11-16(32)29-20(24)30-17(11)33)1-36-41(34,43)13-7(2-37-42(35,44)40-12)39-19(9(13)22)31-4-27-10-14(23)25-3-26-15(10)31/h3-9,12-13,18-19H,1-2H2,(H,34,43)(H,35,44)(H2,23,25,26)(H3,24,29,30,33)/t6?,7?,8-,9-,12-,13-,18?,19?,41?,42?/m1/s1. The zero-order chi connectivity index (χ0) is 31.1. The fraction of sp³-hybridized carbons (Fsp3) is 0.500. The molecule has 3 aliphatic rings. The maximum absolute atomic E-state index is 16.2. The van der Waals surface area contributed by atoms with Crippen LogP contribution >= 0.6 is 37.9 Å². The highest BCUT2D eigenvalue weighted by molar-refractivity contribution is 8.46. The van der Waals surface area contributed by atoms with E-state index in [0.29, 0.717) is 0 Å². The van der Waals surface area contributed by atoms with Crippen molar-refractivity contribution in [2.45, 2.75) is 48.8 Å². The van der Waals surface area contributed by atoms with E-state index in [9.17, 15) is 13.9 Å². The Morgan fingerprint density at radius 2 is 1.57 bits per heavy atom. The molecule has 0 bridgehead atoms. The quantitative estimate of drug-likeness (QED) is 0.148. The lowest BCUT2D eigenvalue weighted by atomic mass is 10.1. The molecule has 10 atom stereocenters. The Balaban J connectivity index is 1.20. The summed E-state index contributed by atoms with van der Waals surface area (Å²) in [6.07, 6.45) is -8.07. The smallest absolute Gasteiger partial charge is 0.382 e. The Morgan fingerprint density at radius 3 is 2.34 bits per heavy atom. The molecule has 24 heteroatoms. The number of rotatable bonds is 2. The fourth-order valence-corrected chi connectivity index (χ4v) is 9.56. The van der Waals surface area contributed by atoms with E-state index in [1.807, 2.05) is 0 Å². The number of alkyl halides is 2. The molecule has 3 fully saturated rings. The van der Waals surface area contributed by atoms with Crippen LogP contribution in [0.5, 0.6) is 0 Å². The van der Waals surface area contributed by atoms with Crippen molar-refractivity contribution in [3.05, 3.63) is 29.3 Å². The molecule has 6 unspecified atom stereocenters. The molecule has 3 saturated heterocycles. The van der Waals surface area contributed by atoms with E-state index < -0.39 is 80.9 Å². The third kappa shape index (κ3) is 4.92. The summed E-state index contributed by atoms with van der Waals surface area (Å²) in [4.78, 5) is 34.5. The lowest BCUT2D eigenvalue weighted by molar-refractivity contribution is -0.0402. The molecule has 4 aromatic rings. The number of halogens is 2. The van der Waals surface area contributed by atoms with Crippen LogP contribution in [0.2, 0.25) is 0 Å². The predicted molar refractivity (Wildman–Crippen MR) is 154 cm³/mol. The first-order valence-electron chi connectivity index (χ1n) is 12.7. The highest BCUT2D eigenvalue weighted by Gasteiger charge is 2.57. The van der Waals surface area contributed by atoms with Gasteiger partial charge in [0.05, 0.1) is 32.0 Å². The molecule has 7 rings (SSSR count). The molecule has 0 amide bonds. The SMILES string of the molecule is Nc1nc2c(ncn2C2OC3COP(=O)(S)[C@@H]4C(COP(=O)(S)O[C@H]3[C@H]2F)OC(n2cnc3c(N)ncnc32)[C@@H]4F)c(=O)[nH]1. The second-order valence-corrected chi connectivity index (χ2v) is 16.6. The van der Waals surface area contributed by atoms with Gasteiger partial charge in [-0.1, -0.05) is 24.5 Å². The van der Waals surface area contributed by atoms with Crippen molar-refractivity contribution in [2.24, 2.45) is 0 Å². The summed E-state index contributed by atoms with van der Waals surface area (Å²) >= 11 is 8.17. The van der Waals surface area contributed by atoms with Crippen molar-refractivity contribution < 1.29 is 41.0 Å². The Bertz CT molecular complexity index is 1930. The molecule has 0 saturated carbocycles. The molecular formula is C20H22F2N10O8P2S2. The first kappa shape index (κ1) is 30.0. The average molecular weight is 695 g/mol. The minimum absolute atomic E-state index is 0.0439. The van der Waals surface area contributed by atoms with Gasteiger partial charge in [0.15, 0.2) is 47.4 Å². The van der Waals surface area contributed by atoms with E-state index >= 15 is 8.78 Å². The number of nitrogens with two attached hydrogens (primary N) is 2. The normalized spacial score (nSPS) is 38.0. The first-order chi connectivity index (χ1) is 20.8. The van der Waals surface area contributed by atoms with Crippen molar-refractivity contribution in [1.29, 1.82) is 0 Å². The molecule has 0 radical (unpaired) electrons. The number of thiol groups is 2. The van der Waals surface area contributed by atoms with Crippen molar-refractivity contribution in [2.75, 3.05) is 24.7 Å². The van der Waals surface area contributed by atoms with Gasteiger partial charge in [-0.2, -0.15) is 4.98 Å². The fourth-order valence-electron chi connectivity index (χ4n) is 5.44. The first-order valence-corrected chi connectivity index (χ1v) is 18.3. The molecule has 4 aromatic heterocycles. The summed E-state index contributed by atoms with van der Waals surface area (Å²) in [6.45, 7) is -10.00.